The van der Waals surface area contributed by atoms with Crippen molar-refractivity contribution in [2.24, 2.45) is 0 Å². The molecule has 2 aromatic carbocycles. The standard InChI is InChI=1S/C15H16N3O3/c1-17(13-5-3-2-4-6-13)16-15(19)11-12-7-9-14(10-8-12)18(20)21/h2-10,20H,11H2,1H3,(H,16,19)/q-1. The SMILES string of the molecule is CN(NC(=O)Cc1ccc(N([O-])O)cc1)c1ccccc1. The Hall–Kier alpha value is -2.57. The summed E-state index contributed by atoms with van der Waals surface area (Å²) in [5.41, 5.74) is 4.51. The molecule has 2 rings (SSSR count). The van der Waals surface area contributed by atoms with Crippen LogP contribution < -0.4 is 15.7 Å². The van der Waals surface area contributed by atoms with Gasteiger partial charge in [0.25, 0.3) is 0 Å². The summed E-state index contributed by atoms with van der Waals surface area (Å²) in [6.45, 7) is 0. The lowest BCUT2D eigenvalue weighted by atomic mass is 10.1. The van der Waals surface area contributed by atoms with Gasteiger partial charge >= 0.3 is 0 Å². The van der Waals surface area contributed by atoms with Gasteiger partial charge in [0.05, 0.1) is 17.8 Å². The zero-order chi connectivity index (χ0) is 15.2. The van der Waals surface area contributed by atoms with Crippen molar-refractivity contribution in [2.75, 3.05) is 17.3 Å². The van der Waals surface area contributed by atoms with Gasteiger partial charge < -0.3 is 10.4 Å². The molecule has 0 aromatic heterocycles. The molecule has 0 atom stereocenters. The summed E-state index contributed by atoms with van der Waals surface area (Å²) in [7, 11) is 1.76. The number of hydrogen-bond donors (Lipinski definition) is 2. The molecule has 6 nitrogen and oxygen atoms in total. The van der Waals surface area contributed by atoms with Crippen LogP contribution in [0.1, 0.15) is 5.56 Å². The van der Waals surface area contributed by atoms with E-state index in [2.05, 4.69) is 5.43 Å². The number of carbonyl (C=O) groups excluding carboxylic acids is 1. The summed E-state index contributed by atoms with van der Waals surface area (Å²) in [5.74, 6) is -0.169. The highest BCUT2D eigenvalue weighted by Gasteiger charge is 2.07. The number of rotatable bonds is 5. The fraction of sp³-hybridized carbons (Fsp3) is 0.133. The molecule has 1 amide bonds. The number of hydrazine groups is 1. The number of anilines is 2. The third-order valence-electron chi connectivity index (χ3n) is 2.96. The first kappa shape index (κ1) is 14.8. The molecular weight excluding hydrogens is 270 g/mol. The van der Waals surface area contributed by atoms with Crippen molar-refractivity contribution in [3.63, 3.8) is 0 Å². The maximum atomic E-state index is 11.9. The molecule has 0 spiro atoms. The van der Waals surface area contributed by atoms with Crippen molar-refractivity contribution in [3.05, 3.63) is 65.4 Å². The minimum Gasteiger partial charge on any atom is -0.733 e. The largest absolute Gasteiger partial charge is 0.733 e. The molecule has 110 valence electrons. The van der Waals surface area contributed by atoms with Crippen LogP contribution in [-0.2, 0) is 11.2 Å². The van der Waals surface area contributed by atoms with E-state index in [9.17, 15) is 10.0 Å². The lowest BCUT2D eigenvalue weighted by molar-refractivity contribution is -0.120. The van der Waals surface area contributed by atoms with E-state index in [0.29, 0.717) is 0 Å². The van der Waals surface area contributed by atoms with Crippen molar-refractivity contribution in [3.8, 4) is 0 Å². The van der Waals surface area contributed by atoms with E-state index in [-0.39, 0.29) is 23.2 Å². The minimum atomic E-state index is -0.215. The van der Waals surface area contributed by atoms with E-state index in [1.807, 2.05) is 30.3 Å². The van der Waals surface area contributed by atoms with Crippen molar-refractivity contribution in [2.45, 2.75) is 6.42 Å². The minimum absolute atomic E-state index is 0.126. The van der Waals surface area contributed by atoms with Gasteiger partial charge in [-0.1, -0.05) is 30.3 Å². The van der Waals surface area contributed by atoms with Crippen LogP contribution in [0.5, 0.6) is 0 Å². The van der Waals surface area contributed by atoms with Gasteiger partial charge in [0.2, 0.25) is 5.91 Å². The number of benzene rings is 2. The van der Waals surface area contributed by atoms with Crippen LogP contribution in [0, 0.1) is 5.21 Å². The number of nitrogens with zero attached hydrogens (tertiary/aromatic N) is 2. The normalized spacial score (nSPS) is 10.0. The van der Waals surface area contributed by atoms with Gasteiger partial charge in [-0.3, -0.25) is 20.4 Å². The molecule has 0 unspecified atom stereocenters. The second-order valence-electron chi connectivity index (χ2n) is 4.55. The first-order valence-corrected chi connectivity index (χ1v) is 6.39. The van der Waals surface area contributed by atoms with Gasteiger partial charge in [0.1, 0.15) is 0 Å². The molecular formula is C15H16N3O3-. The summed E-state index contributed by atoms with van der Waals surface area (Å²) < 4.78 is 0. The van der Waals surface area contributed by atoms with E-state index in [0.717, 1.165) is 11.3 Å². The van der Waals surface area contributed by atoms with E-state index < -0.39 is 0 Å². The molecule has 2 aromatic rings. The first-order chi connectivity index (χ1) is 10.1. The molecule has 0 heterocycles. The Bertz CT molecular complexity index is 585. The van der Waals surface area contributed by atoms with Gasteiger partial charge in [-0.15, -0.1) is 0 Å². The molecule has 0 bridgehead atoms. The maximum absolute atomic E-state index is 11.9. The highest BCUT2D eigenvalue weighted by molar-refractivity contribution is 5.80. The van der Waals surface area contributed by atoms with E-state index in [4.69, 9.17) is 5.21 Å². The number of carbonyl (C=O) groups is 1. The van der Waals surface area contributed by atoms with Gasteiger partial charge in [-0.2, -0.15) is 0 Å². The predicted octanol–water partition coefficient (Wildman–Crippen LogP) is 2.09. The second-order valence-corrected chi connectivity index (χ2v) is 4.55. The summed E-state index contributed by atoms with van der Waals surface area (Å²) >= 11 is 0. The molecule has 0 aliphatic rings. The third kappa shape index (κ3) is 4.20. The topological polar surface area (TPSA) is 78.9 Å². The number of hydrogen-bond acceptors (Lipinski definition) is 5. The lowest BCUT2D eigenvalue weighted by Gasteiger charge is -2.22. The number of nitrogens with one attached hydrogen (secondary N) is 1. The molecule has 0 aliphatic carbocycles. The van der Waals surface area contributed by atoms with Gasteiger partial charge in [-0.25, -0.2) is 0 Å². The first-order valence-electron chi connectivity index (χ1n) is 6.39. The highest BCUT2D eigenvalue weighted by Crippen LogP contribution is 2.13. The highest BCUT2D eigenvalue weighted by atomic mass is 16.8. The molecule has 2 N–H and O–H groups in total. The second kappa shape index (κ2) is 6.74. The van der Waals surface area contributed by atoms with Crippen LogP contribution in [0.15, 0.2) is 54.6 Å². The number of para-hydroxylation sites is 1. The van der Waals surface area contributed by atoms with E-state index in [1.54, 1.807) is 24.2 Å². The van der Waals surface area contributed by atoms with Crippen LogP contribution >= 0.6 is 0 Å². The monoisotopic (exact) mass is 286 g/mol. The Morgan fingerprint density at radius 3 is 2.29 bits per heavy atom. The summed E-state index contributed by atoms with van der Waals surface area (Å²) in [5, 5.41) is 20.8. The van der Waals surface area contributed by atoms with Crippen molar-refractivity contribution < 1.29 is 10.0 Å². The molecule has 0 saturated heterocycles. The van der Waals surface area contributed by atoms with Gasteiger partial charge in [-0.05, 0) is 29.8 Å². The Balaban J connectivity index is 1.92. The van der Waals surface area contributed by atoms with Crippen molar-refractivity contribution in [1.82, 2.24) is 5.43 Å². The average molecular weight is 286 g/mol. The van der Waals surface area contributed by atoms with Crippen LogP contribution in [0.25, 0.3) is 0 Å². The average Bonchev–Trinajstić information content (AvgIpc) is 2.48. The number of amides is 1. The Kier molecular flexibility index (Phi) is 4.76. The molecule has 0 saturated carbocycles. The Morgan fingerprint density at radius 2 is 1.71 bits per heavy atom. The molecule has 21 heavy (non-hydrogen) atoms. The van der Waals surface area contributed by atoms with E-state index >= 15 is 0 Å². The third-order valence-corrected chi connectivity index (χ3v) is 2.96. The Labute approximate surface area is 122 Å². The van der Waals surface area contributed by atoms with Gasteiger partial charge in [0.15, 0.2) is 0 Å². The fourth-order valence-corrected chi connectivity index (χ4v) is 1.87. The zero-order valence-corrected chi connectivity index (χ0v) is 11.6. The molecule has 0 fully saturated rings. The van der Waals surface area contributed by atoms with Crippen molar-refractivity contribution in [1.29, 1.82) is 0 Å². The quantitative estimate of drug-likeness (QED) is 0.823. The maximum Gasteiger partial charge on any atom is 0.242 e. The lowest BCUT2D eigenvalue weighted by Crippen LogP contribution is -2.40. The van der Waals surface area contributed by atoms with E-state index in [1.165, 1.54) is 12.1 Å². The van der Waals surface area contributed by atoms with Crippen LogP contribution in [-0.4, -0.2) is 18.2 Å². The molecule has 0 aliphatic heterocycles. The summed E-state index contributed by atoms with van der Waals surface area (Å²) in [4.78, 5) is 11.9. The molecule has 0 radical (unpaired) electrons. The van der Waals surface area contributed by atoms with Gasteiger partial charge in [0, 0.05) is 7.05 Å². The molecule has 6 heteroatoms. The smallest absolute Gasteiger partial charge is 0.242 e. The fourth-order valence-electron chi connectivity index (χ4n) is 1.87. The van der Waals surface area contributed by atoms with Crippen LogP contribution in [0.4, 0.5) is 11.4 Å². The zero-order valence-electron chi connectivity index (χ0n) is 11.6. The summed E-state index contributed by atoms with van der Waals surface area (Å²) in [6.07, 6.45) is 0.182. The Morgan fingerprint density at radius 1 is 1.10 bits per heavy atom. The predicted molar refractivity (Wildman–Crippen MR) is 80.8 cm³/mol. The van der Waals surface area contributed by atoms with Crippen LogP contribution in [0.2, 0.25) is 0 Å². The van der Waals surface area contributed by atoms with Crippen molar-refractivity contribution >= 4 is 17.3 Å². The summed E-state index contributed by atoms with van der Waals surface area (Å²) in [6, 6.07) is 15.6. The van der Waals surface area contributed by atoms with Crippen LogP contribution in [0.3, 0.4) is 0 Å².